The minimum Gasteiger partial charge on any atom is -0.263 e. The van der Waals surface area contributed by atoms with Crippen LogP contribution >= 0.6 is 11.6 Å². The minimum absolute atomic E-state index is 0.497. The van der Waals surface area contributed by atoms with Crippen LogP contribution in [0.1, 0.15) is 0 Å². The zero-order valence-electron chi connectivity index (χ0n) is 7.11. The summed E-state index contributed by atoms with van der Waals surface area (Å²) in [5.41, 5.74) is 1.62. The fraction of sp³-hybridized carbons (Fsp3) is 0. The number of pyridine rings is 2. The van der Waals surface area contributed by atoms with Crippen molar-refractivity contribution in [1.82, 2.24) is 9.97 Å². The lowest BCUT2D eigenvalue weighted by molar-refractivity contribution is 0.584. The maximum absolute atomic E-state index is 12.5. The van der Waals surface area contributed by atoms with Gasteiger partial charge in [-0.2, -0.15) is 4.39 Å². The van der Waals surface area contributed by atoms with Gasteiger partial charge in [-0.25, -0.2) is 4.98 Å². The molecule has 14 heavy (non-hydrogen) atoms. The van der Waals surface area contributed by atoms with Gasteiger partial charge in [0.25, 0.3) is 0 Å². The van der Waals surface area contributed by atoms with E-state index < -0.39 is 5.95 Å². The average molecular weight is 209 g/mol. The van der Waals surface area contributed by atoms with Gasteiger partial charge < -0.3 is 0 Å². The van der Waals surface area contributed by atoms with Gasteiger partial charge in [-0.3, -0.25) is 4.98 Å². The second-order valence-corrected chi connectivity index (χ2v) is 3.20. The first kappa shape index (κ1) is 9.09. The largest absolute Gasteiger partial charge is 0.263 e. The number of aromatic nitrogens is 2. The highest BCUT2D eigenvalue weighted by Gasteiger charge is 1.99. The number of rotatable bonds is 1. The van der Waals surface area contributed by atoms with Crippen molar-refractivity contribution in [2.24, 2.45) is 0 Å². The molecular formula is C10H6ClFN2. The van der Waals surface area contributed by atoms with Crippen molar-refractivity contribution >= 4 is 11.6 Å². The van der Waals surface area contributed by atoms with Crippen molar-refractivity contribution in [1.29, 1.82) is 0 Å². The maximum atomic E-state index is 12.5. The van der Waals surface area contributed by atoms with Crippen molar-refractivity contribution in [2.45, 2.75) is 0 Å². The van der Waals surface area contributed by atoms with Crippen LogP contribution in [0.4, 0.5) is 4.39 Å². The van der Waals surface area contributed by atoms with Gasteiger partial charge in [-0.15, -0.1) is 0 Å². The number of hydrogen-bond acceptors (Lipinski definition) is 2. The Kier molecular flexibility index (Phi) is 2.41. The van der Waals surface area contributed by atoms with Crippen molar-refractivity contribution in [3.8, 4) is 11.1 Å². The third-order valence-corrected chi connectivity index (χ3v) is 1.97. The van der Waals surface area contributed by atoms with E-state index in [1.165, 1.54) is 12.3 Å². The predicted molar refractivity (Wildman–Crippen MR) is 52.4 cm³/mol. The molecule has 0 spiro atoms. The first-order valence-electron chi connectivity index (χ1n) is 3.98. The summed E-state index contributed by atoms with van der Waals surface area (Å²) in [7, 11) is 0. The lowest BCUT2D eigenvalue weighted by atomic mass is 10.1. The second-order valence-electron chi connectivity index (χ2n) is 2.76. The van der Waals surface area contributed by atoms with E-state index in [0.717, 1.165) is 11.1 Å². The van der Waals surface area contributed by atoms with Gasteiger partial charge in [-0.05, 0) is 18.2 Å². The Bertz CT molecular complexity index is 442. The third-order valence-electron chi connectivity index (χ3n) is 1.77. The second kappa shape index (κ2) is 3.72. The van der Waals surface area contributed by atoms with E-state index in [2.05, 4.69) is 9.97 Å². The summed E-state index contributed by atoms with van der Waals surface area (Å²) >= 11 is 5.77. The highest BCUT2D eigenvalue weighted by molar-refractivity contribution is 6.30. The highest BCUT2D eigenvalue weighted by Crippen LogP contribution is 2.20. The monoisotopic (exact) mass is 208 g/mol. The molecule has 0 radical (unpaired) electrons. The SMILES string of the molecule is Fc1ccc(-c2cncc(Cl)c2)cn1. The van der Waals surface area contributed by atoms with Crippen molar-refractivity contribution < 1.29 is 4.39 Å². The number of halogens is 2. The molecule has 0 unspecified atom stereocenters. The molecule has 4 heteroatoms. The molecule has 2 heterocycles. The Hall–Kier alpha value is -1.48. The normalized spacial score (nSPS) is 10.1. The van der Waals surface area contributed by atoms with E-state index in [9.17, 15) is 4.39 Å². The zero-order valence-corrected chi connectivity index (χ0v) is 7.87. The molecule has 2 nitrogen and oxygen atoms in total. The van der Waals surface area contributed by atoms with Crippen LogP contribution in [-0.4, -0.2) is 9.97 Å². The van der Waals surface area contributed by atoms with Crippen LogP contribution < -0.4 is 0 Å². The Balaban J connectivity index is 2.44. The number of nitrogens with zero attached hydrogens (tertiary/aromatic N) is 2. The third kappa shape index (κ3) is 1.88. The molecule has 0 aliphatic rings. The molecule has 0 atom stereocenters. The summed E-state index contributed by atoms with van der Waals surface area (Å²) in [4.78, 5) is 7.48. The molecule has 0 bridgehead atoms. The van der Waals surface area contributed by atoms with Crippen molar-refractivity contribution in [3.63, 3.8) is 0 Å². The van der Waals surface area contributed by atoms with E-state index in [0.29, 0.717) is 5.02 Å². The van der Waals surface area contributed by atoms with E-state index in [1.807, 2.05) is 0 Å². The molecule has 2 aromatic rings. The first-order valence-corrected chi connectivity index (χ1v) is 4.36. The maximum Gasteiger partial charge on any atom is 0.212 e. The van der Waals surface area contributed by atoms with Crippen LogP contribution in [-0.2, 0) is 0 Å². The molecule has 0 saturated carbocycles. The summed E-state index contributed by atoms with van der Waals surface area (Å²) < 4.78 is 12.5. The van der Waals surface area contributed by atoms with Gasteiger partial charge in [-0.1, -0.05) is 11.6 Å². The quantitative estimate of drug-likeness (QED) is 0.674. The van der Waals surface area contributed by atoms with Gasteiger partial charge in [0.05, 0.1) is 5.02 Å². The molecule has 0 fully saturated rings. The molecule has 2 rings (SSSR count). The summed E-state index contributed by atoms with van der Waals surface area (Å²) in [5, 5.41) is 0.548. The van der Waals surface area contributed by atoms with Crippen LogP contribution in [0.15, 0.2) is 36.8 Å². The summed E-state index contributed by atoms with van der Waals surface area (Å²) in [5.74, 6) is -0.497. The minimum atomic E-state index is -0.497. The Morgan fingerprint density at radius 2 is 1.93 bits per heavy atom. The smallest absolute Gasteiger partial charge is 0.212 e. The van der Waals surface area contributed by atoms with Crippen molar-refractivity contribution in [3.05, 3.63) is 47.8 Å². The molecular weight excluding hydrogens is 203 g/mol. The Labute approximate surface area is 85.4 Å². The fourth-order valence-electron chi connectivity index (χ4n) is 1.12. The fourth-order valence-corrected chi connectivity index (χ4v) is 1.29. The summed E-state index contributed by atoms with van der Waals surface area (Å²) in [6.45, 7) is 0. The van der Waals surface area contributed by atoms with E-state index in [1.54, 1.807) is 24.5 Å². The van der Waals surface area contributed by atoms with Crippen LogP contribution in [0.5, 0.6) is 0 Å². The molecule has 0 N–H and O–H groups in total. The molecule has 0 aliphatic carbocycles. The molecule has 0 aromatic carbocycles. The average Bonchev–Trinajstić information content (AvgIpc) is 2.19. The van der Waals surface area contributed by atoms with Gasteiger partial charge in [0.15, 0.2) is 0 Å². The highest BCUT2D eigenvalue weighted by atomic mass is 35.5. The van der Waals surface area contributed by atoms with Crippen molar-refractivity contribution in [2.75, 3.05) is 0 Å². The van der Waals surface area contributed by atoms with E-state index >= 15 is 0 Å². The zero-order chi connectivity index (χ0) is 9.97. The Morgan fingerprint density at radius 3 is 2.57 bits per heavy atom. The van der Waals surface area contributed by atoms with E-state index in [-0.39, 0.29) is 0 Å². The predicted octanol–water partition coefficient (Wildman–Crippen LogP) is 2.94. The van der Waals surface area contributed by atoms with Crippen LogP contribution in [0.2, 0.25) is 5.02 Å². The van der Waals surface area contributed by atoms with Gasteiger partial charge in [0, 0.05) is 29.7 Å². The molecule has 0 amide bonds. The van der Waals surface area contributed by atoms with Crippen LogP contribution in [0.25, 0.3) is 11.1 Å². The van der Waals surface area contributed by atoms with E-state index in [4.69, 9.17) is 11.6 Å². The summed E-state index contributed by atoms with van der Waals surface area (Å²) in [6.07, 6.45) is 4.64. The lowest BCUT2D eigenvalue weighted by Crippen LogP contribution is -1.84. The molecule has 2 aromatic heterocycles. The lowest BCUT2D eigenvalue weighted by Gasteiger charge is -1.99. The molecule has 0 aliphatic heterocycles. The Morgan fingerprint density at radius 1 is 1.07 bits per heavy atom. The molecule has 70 valence electrons. The van der Waals surface area contributed by atoms with Crippen LogP contribution in [0.3, 0.4) is 0 Å². The van der Waals surface area contributed by atoms with Gasteiger partial charge in [0.1, 0.15) is 0 Å². The topological polar surface area (TPSA) is 25.8 Å². The van der Waals surface area contributed by atoms with Gasteiger partial charge in [0.2, 0.25) is 5.95 Å². The standard InChI is InChI=1S/C10H6ClFN2/c11-9-3-8(4-13-6-9)7-1-2-10(12)14-5-7/h1-6H. The van der Waals surface area contributed by atoms with Crippen LogP contribution in [0, 0.1) is 5.95 Å². The summed E-state index contributed by atoms with van der Waals surface area (Å²) in [6, 6.07) is 4.69. The van der Waals surface area contributed by atoms with Gasteiger partial charge >= 0.3 is 0 Å². The molecule has 0 saturated heterocycles. The number of hydrogen-bond donors (Lipinski definition) is 0. The first-order chi connectivity index (χ1) is 6.75.